The number of nitrogens with one attached hydrogen (secondary N) is 2. The van der Waals surface area contributed by atoms with Crippen LogP contribution in [-0.2, 0) is 26.0 Å². The van der Waals surface area contributed by atoms with E-state index in [-0.39, 0.29) is 5.82 Å². The zero-order valence-electron chi connectivity index (χ0n) is 13.8. The quantitative estimate of drug-likeness (QED) is 0.735. The van der Waals surface area contributed by atoms with Gasteiger partial charge in [-0.15, -0.1) is 0 Å². The number of benzene rings is 2. The minimum atomic E-state index is -3.35. The number of esters is 1. The maximum atomic E-state index is 13.0. The second-order valence-electron chi connectivity index (χ2n) is 5.50. The highest BCUT2D eigenvalue weighted by Gasteiger charge is 2.19. The van der Waals surface area contributed by atoms with Crippen molar-refractivity contribution in [1.29, 1.82) is 0 Å². The molecule has 0 aliphatic carbocycles. The molecule has 0 radical (unpaired) electrons. The first-order valence-corrected chi connectivity index (χ1v) is 9.32. The highest BCUT2D eigenvalue weighted by Crippen LogP contribution is 2.17. The van der Waals surface area contributed by atoms with Gasteiger partial charge in [0, 0.05) is 17.8 Å². The normalized spacial score (nSPS) is 12.3. The van der Waals surface area contributed by atoms with Crippen molar-refractivity contribution in [3.63, 3.8) is 0 Å². The molecule has 0 heterocycles. The molecule has 0 aliphatic rings. The fraction of sp³-hybridized carbons (Fsp3) is 0.235. The van der Waals surface area contributed by atoms with E-state index in [1.807, 2.05) is 0 Å². The van der Waals surface area contributed by atoms with Gasteiger partial charge < -0.3 is 10.1 Å². The number of carbonyl (C=O) groups is 1. The first-order chi connectivity index (χ1) is 11.8. The standard InChI is InChI=1S/C17H19FN2O4S/c1-24-17(21)16(11-12-3-5-13(18)6-4-12)19-14-7-9-15(10-8-14)20-25(2,22)23/h3-10,16,19-20H,11H2,1-2H3/t16-/m0/s1. The molecule has 134 valence electrons. The minimum absolute atomic E-state index is 0.316. The first kappa shape index (κ1) is 18.7. The van der Waals surface area contributed by atoms with Crippen LogP contribution < -0.4 is 10.0 Å². The number of anilines is 2. The molecule has 0 saturated heterocycles. The maximum Gasteiger partial charge on any atom is 0.328 e. The average molecular weight is 366 g/mol. The van der Waals surface area contributed by atoms with Gasteiger partial charge in [-0.3, -0.25) is 4.72 Å². The molecule has 2 rings (SSSR count). The lowest BCUT2D eigenvalue weighted by Gasteiger charge is -2.18. The van der Waals surface area contributed by atoms with Crippen molar-refractivity contribution >= 4 is 27.4 Å². The highest BCUT2D eigenvalue weighted by molar-refractivity contribution is 7.92. The van der Waals surface area contributed by atoms with E-state index in [9.17, 15) is 17.6 Å². The van der Waals surface area contributed by atoms with Crippen molar-refractivity contribution in [2.75, 3.05) is 23.4 Å². The summed E-state index contributed by atoms with van der Waals surface area (Å²) >= 11 is 0. The van der Waals surface area contributed by atoms with Crippen LogP contribution in [0.3, 0.4) is 0 Å². The predicted octanol–water partition coefficient (Wildman–Crippen LogP) is 2.39. The number of hydrogen-bond donors (Lipinski definition) is 2. The van der Waals surface area contributed by atoms with Crippen LogP contribution in [-0.4, -0.2) is 33.8 Å². The number of ether oxygens (including phenoxy) is 1. The smallest absolute Gasteiger partial charge is 0.328 e. The lowest BCUT2D eigenvalue weighted by Crippen LogP contribution is -2.32. The van der Waals surface area contributed by atoms with E-state index >= 15 is 0 Å². The molecular formula is C17H19FN2O4S. The van der Waals surface area contributed by atoms with E-state index in [1.54, 1.807) is 36.4 Å². The molecule has 25 heavy (non-hydrogen) atoms. The summed E-state index contributed by atoms with van der Waals surface area (Å²) < 4.78 is 42.6. The summed E-state index contributed by atoms with van der Waals surface area (Å²) in [6, 6.07) is 11.7. The fourth-order valence-electron chi connectivity index (χ4n) is 2.24. The van der Waals surface area contributed by atoms with E-state index in [0.29, 0.717) is 17.8 Å². The van der Waals surface area contributed by atoms with Crippen LogP contribution >= 0.6 is 0 Å². The number of hydrogen-bond acceptors (Lipinski definition) is 5. The lowest BCUT2D eigenvalue weighted by atomic mass is 10.1. The molecule has 8 heteroatoms. The van der Waals surface area contributed by atoms with Gasteiger partial charge in [0.1, 0.15) is 11.9 Å². The topological polar surface area (TPSA) is 84.5 Å². The Morgan fingerprint density at radius 2 is 1.64 bits per heavy atom. The van der Waals surface area contributed by atoms with Crippen molar-refractivity contribution in [3.8, 4) is 0 Å². The molecule has 6 nitrogen and oxygen atoms in total. The van der Waals surface area contributed by atoms with Crippen LogP contribution in [0.25, 0.3) is 0 Å². The maximum absolute atomic E-state index is 13.0. The van der Waals surface area contributed by atoms with Gasteiger partial charge in [-0.25, -0.2) is 17.6 Å². The Kier molecular flexibility index (Phi) is 5.97. The second kappa shape index (κ2) is 7.98. The van der Waals surface area contributed by atoms with Gasteiger partial charge in [0.15, 0.2) is 0 Å². The van der Waals surface area contributed by atoms with Crippen LogP contribution in [0.2, 0.25) is 0 Å². The Morgan fingerprint density at radius 3 is 2.16 bits per heavy atom. The number of methoxy groups -OCH3 is 1. The van der Waals surface area contributed by atoms with E-state index in [1.165, 1.54) is 19.2 Å². The van der Waals surface area contributed by atoms with Crippen LogP contribution in [0.5, 0.6) is 0 Å². The summed E-state index contributed by atoms with van der Waals surface area (Å²) in [4.78, 5) is 12.0. The van der Waals surface area contributed by atoms with Crippen LogP contribution in [0.15, 0.2) is 48.5 Å². The van der Waals surface area contributed by atoms with Gasteiger partial charge in [-0.2, -0.15) is 0 Å². The molecule has 2 aromatic rings. The number of sulfonamides is 1. The molecule has 0 aromatic heterocycles. The summed E-state index contributed by atoms with van der Waals surface area (Å²) in [5.41, 5.74) is 1.82. The summed E-state index contributed by atoms with van der Waals surface area (Å²) in [6.07, 6.45) is 1.38. The minimum Gasteiger partial charge on any atom is -0.467 e. The summed E-state index contributed by atoms with van der Waals surface area (Å²) in [5, 5.41) is 3.04. The molecule has 0 spiro atoms. The largest absolute Gasteiger partial charge is 0.467 e. The Bertz CT molecular complexity index is 821. The Morgan fingerprint density at radius 1 is 1.08 bits per heavy atom. The number of halogens is 1. The molecule has 0 bridgehead atoms. The zero-order valence-corrected chi connectivity index (χ0v) is 14.6. The van der Waals surface area contributed by atoms with Gasteiger partial charge in [0.25, 0.3) is 0 Å². The molecule has 0 fully saturated rings. The molecule has 2 aromatic carbocycles. The average Bonchev–Trinajstić information content (AvgIpc) is 2.56. The SMILES string of the molecule is COC(=O)[C@H](Cc1ccc(F)cc1)Nc1ccc(NS(C)(=O)=O)cc1. The molecule has 2 N–H and O–H groups in total. The van der Waals surface area contributed by atoms with Crippen LogP contribution in [0.4, 0.5) is 15.8 Å². The van der Waals surface area contributed by atoms with Gasteiger partial charge in [-0.1, -0.05) is 12.1 Å². The van der Waals surface area contributed by atoms with Crippen molar-refractivity contribution in [2.24, 2.45) is 0 Å². The summed E-state index contributed by atoms with van der Waals surface area (Å²) in [5.74, 6) is -0.803. The fourth-order valence-corrected chi connectivity index (χ4v) is 2.81. The predicted molar refractivity (Wildman–Crippen MR) is 94.4 cm³/mol. The van der Waals surface area contributed by atoms with Gasteiger partial charge in [0.05, 0.1) is 13.4 Å². The summed E-state index contributed by atoms with van der Waals surface area (Å²) in [6.45, 7) is 0. The van der Waals surface area contributed by atoms with Crippen molar-refractivity contribution in [2.45, 2.75) is 12.5 Å². The highest BCUT2D eigenvalue weighted by atomic mass is 32.2. The molecular weight excluding hydrogens is 347 g/mol. The second-order valence-corrected chi connectivity index (χ2v) is 7.25. The summed E-state index contributed by atoms with van der Waals surface area (Å²) in [7, 11) is -2.06. The van der Waals surface area contributed by atoms with Crippen molar-refractivity contribution < 1.29 is 22.3 Å². The Hall–Kier alpha value is -2.61. The van der Waals surface area contributed by atoms with E-state index in [4.69, 9.17) is 4.74 Å². The van der Waals surface area contributed by atoms with E-state index in [2.05, 4.69) is 10.0 Å². The first-order valence-electron chi connectivity index (χ1n) is 7.43. The Labute approximate surface area is 146 Å². The van der Waals surface area contributed by atoms with Crippen LogP contribution in [0, 0.1) is 5.82 Å². The Balaban J connectivity index is 2.11. The number of rotatable bonds is 7. The van der Waals surface area contributed by atoms with Gasteiger partial charge in [0.2, 0.25) is 10.0 Å². The molecule has 0 unspecified atom stereocenters. The van der Waals surface area contributed by atoms with Gasteiger partial charge in [-0.05, 0) is 42.0 Å². The van der Waals surface area contributed by atoms with E-state index in [0.717, 1.165) is 11.8 Å². The van der Waals surface area contributed by atoms with Crippen LogP contribution in [0.1, 0.15) is 5.56 Å². The monoisotopic (exact) mass is 366 g/mol. The zero-order chi connectivity index (χ0) is 18.4. The van der Waals surface area contributed by atoms with Gasteiger partial charge >= 0.3 is 5.97 Å². The third kappa shape index (κ3) is 6.07. The lowest BCUT2D eigenvalue weighted by molar-refractivity contribution is -0.141. The molecule has 0 amide bonds. The van der Waals surface area contributed by atoms with E-state index < -0.39 is 22.0 Å². The van der Waals surface area contributed by atoms with Crippen molar-refractivity contribution in [1.82, 2.24) is 0 Å². The molecule has 1 atom stereocenters. The number of carbonyl (C=O) groups excluding carboxylic acids is 1. The van der Waals surface area contributed by atoms with Crippen molar-refractivity contribution in [3.05, 3.63) is 59.9 Å². The molecule has 0 saturated carbocycles. The molecule has 0 aliphatic heterocycles. The third-order valence-corrected chi connectivity index (χ3v) is 3.97. The third-order valence-electron chi connectivity index (χ3n) is 3.37.